The quantitative estimate of drug-likeness (QED) is 0.794. The minimum absolute atomic E-state index is 0.0883. The van der Waals surface area contributed by atoms with Gasteiger partial charge in [0.25, 0.3) is 0 Å². The average molecular weight is 335 g/mol. The largest absolute Gasteiger partial charge is 0.497 e. The molecule has 2 N–H and O–H groups in total. The average Bonchev–Trinajstić information content (AvgIpc) is 2.52. The monoisotopic (exact) mass is 334 g/mol. The summed E-state index contributed by atoms with van der Waals surface area (Å²) in [6.45, 7) is 4.01. The fraction of sp³-hybridized carbons (Fsp3) is 0.235. The van der Waals surface area contributed by atoms with Crippen molar-refractivity contribution >= 4 is 34.6 Å². The van der Waals surface area contributed by atoms with Crippen LogP contribution in [0.5, 0.6) is 5.75 Å². The number of thiocarbonyl (C=S) groups is 1. The molecule has 3 nitrogen and oxygen atoms in total. The number of benzene rings is 2. The number of rotatable bonds is 4. The van der Waals surface area contributed by atoms with Crippen molar-refractivity contribution < 1.29 is 4.74 Å². The summed E-state index contributed by atoms with van der Waals surface area (Å²) >= 11 is 11.5. The lowest BCUT2D eigenvalue weighted by Crippen LogP contribution is -2.31. The van der Waals surface area contributed by atoms with Crippen LogP contribution in [0.1, 0.15) is 24.1 Å². The van der Waals surface area contributed by atoms with Crippen LogP contribution < -0.4 is 15.4 Å². The van der Waals surface area contributed by atoms with Crippen LogP contribution in [-0.4, -0.2) is 12.2 Å². The summed E-state index contributed by atoms with van der Waals surface area (Å²) in [5, 5.41) is 7.73. The van der Waals surface area contributed by atoms with Crippen molar-refractivity contribution in [3.05, 3.63) is 58.6 Å². The van der Waals surface area contributed by atoms with Crippen molar-refractivity contribution in [2.45, 2.75) is 19.9 Å². The molecule has 0 radical (unpaired) electrons. The summed E-state index contributed by atoms with van der Waals surface area (Å²) in [5.74, 6) is 0.839. The molecular formula is C17H19ClN2OS. The summed E-state index contributed by atoms with van der Waals surface area (Å²) in [6.07, 6.45) is 0. The molecule has 0 aliphatic carbocycles. The van der Waals surface area contributed by atoms with E-state index in [1.165, 1.54) is 0 Å². The molecule has 1 atom stereocenters. The maximum Gasteiger partial charge on any atom is 0.171 e. The van der Waals surface area contributed by atoms with Crippen molar-refractivity contribution in [3.8, 4) is 5.75 Å². The Balaban J connectivity index is 2.00. The van der Waals surface area contributed by atoms with E-state index in [0.717, 1.165) is 27.6 Å². The van der Waals surface area contributed by atoms with Crippen LogP contribution in [0.15, 0.2) is 42.5 Å². The zero-order chi connectivity index (χ0) is 16.1. The van der Waals surface area contributed by atoms with Gasteiger partial charge in [0.15, 0.2) is 5.11 Å². The second kappa shape index (κ2) is 7.47. The van der Waals surface area contributed by atoms with Gasteiger partial charge in [-0.2, -0.15) is 0 Å². The van der Waals surface area contributed by atoms with E-state index in [1.807, 2.05) is 49.4 Å². The zero-order valence-electron chi connectivity index (χ0n) is 12.8. The van der Waals surface area contributed by atoms with E-state index in [0.29, 0.717) is 5.11 Å². The van der Waals surface area contributed by atoms with E-state index >= 15 is 0 Å². The Labute approximate surface area is 141 Å². The summed E-state index contributed by atoms with van der Waals surface area (Å²) < 4.78 is 5.16. The first-order chi connectivity index (χ1) is 10.5. The summed E-state index contributed by atoms with van der Waals surface area (Å²) in [7, 11) is 1.66. The number of anilines is 1. The Kier molecular flexibility index (Phi) is 5.63. The van der Waals surface area contributed by atoms with Crippen LogP contribution in [0.2, 0.25) is 5.02 Å². The Morgan fingerprint density at radius 3 is 2.50 bits per heavy atom. The van der Waals surface area contributed by atoms with Crippen molar-refractivity contribution in [1.29, 1.82) is 0 Å². The molecule has 0 aliphatic rings. The van der Waals surface area contributed by atoms with E-state index < -0.39 is 0 Å². The molecule has 0 saturated heterocycles. The molecule has 0 fully saturated rings. The van der Waals surface area contributed by atoms with Crippen molar-refractivity contribution in [2.24, 2.45) is 0 Å². The van der Waals surface area contributed by atoms with Gasteiger partial charge in [-0.3, -0.25) is 0 Å². The molecule has 116 valence electrons. The first-order valence-corrected chi connectivity index (χ1v) is 7.76. The number of ether oxygens (including phenoxy) is 1. The van der Waals surface area contributed by atoms with E-state index in [9.17, 15) is 0 Å². The highest BCUT2D eigenvalue weighted by atomic mass is 35.5. The topological polar surface area (TPSA) is 33.3 Å². The SMILES string of the molecule is COc1ccc(C(C)NC(=S)Nc2cccc(Cl)c2C)cc1. The van der Waals surface area contributed by atoms with Gasteiger partial charge >= 0.3 is 0 Å². The van der Waals surface area contributed by atoms with Crippen LogP contribution in [0, 0.1) is 6.92 Å². The summed E-state index contributed by atoms with van der Waals surface area (Å²) in [5.41, 5.74) is 3.02. The minimum atomic E-state index is 0.0883. The van der Waals surface area contributed by atoms with Crippen molar-refractivity contribution in [1.82, 2.24) is 5.32 Å². The molecule has 5 heteroatoms. The van der Waals surface area contributed by atoms with E-state index in [1.54, 1.807) is 7.11 Å². The van der Waals surface area contributed by atoms with Gasteiger partial charge in [0.05, 0.1) is 13.2 Å². The highest BCUT2D eigenvalue weighted by Gasteiger charge is 2.09. The van der Waals surface area contributed by atoms with Crippen LogP contribution in [-0.2, 0) is 0 Å². The van der Waals surface area contributed by atoms with Gasteiger partial charge in [0.1, 0.15) is 5.75 Å². The third-order valence-corrected chi connectivity index (χ3v) is 4.11. The summed E-state index contributed by atoms with van der Waals surface area (Å²) in [4.78, 5) is 0. The maximum absolute atomic E-state index is 6.11. The molecule has 22 heavy (non-hydrogen) atoms. The number of methoxy groups -OCH3 is 1. The molecule has 0 heterocycles. The van der Waals surface area contributed by atoms with Crippen LogP contribution in [0.3, 0.4) is 0 Å². The molecule has 0 spiro atoms. The second-order valence-electron chi connectivity index (χ2n) is 5.01. The first kappa shape index (κ1) is 16.6. The number of hydrogen-bond donors (Lipinski definition) is 2. The van der Waals surface area contributed by atoms with Gasteiger partial charge in [-0.1, -0.05) is 29.8 Å². The Hall–Kier alpha value is -1.78. The lowest BCUT2D eigenvalue weighted by Gasteiger charge is -2.18. The molecule has 0 amide bonds. The normalized spacial score (nSPS) is 11.6. The fourth-order valence-electron chi connectivity index (χ4n) is 2.07. The van der Waals surface area contributed by atoms with E-state index in [4.69, 9.17) is 28.6 Å². The number of halogens is 1. The lowest BCUT2D eigenvalue weighted by atomic mass is 10.1. The van der Waals surface area contributed by atoms with Crippen LogP contribution in [0.25, 0.3) is 0 Å². The zero-order valence-corrected chi connectivity index (χ0v) is 14.4. The molecular weight excluding hydrogens is 316 g/mol. The molecule has 0 bridgehead atoms. The molecule has 2 aromatic carbocycles. The van der Waals surface area contributed by atoms with Gasteiger partial charge in [-0.05, 0) is 61.5 Å². The molecule has 1 unspecified atom stereocenters. The lowest BCUT2D eigenvalue weighted by molar-refractivity contribution is 0.414. The summed E-state index contributed by atoms with van der Waals surface area (Å²) in [6, 6.07) is 13.7. The second-order valence-corrected chi connectivity index (χ2v) is 5.82. The van der Waals surface area contributed by atoms with Crippen molar-refractivity contribution in [3.63, 3.8) is 0 Å². The Morgan fingerprint density at radius 1 is 1.18 bits per heavy atom. The third kappa shape index (κ3) is 4.12. The predicted octanol–water partition coefficient (Wildman–Crippen LogP) is 4.70. The van der Waals surface area contributed by atoms with Gasteiger partial charge in [0, 0.05) is 10.7 Å². The van der Waals surface area contributed by atoms with Crippen molar-refractivity contribution in [2.75, 3.05) is 12.4 Å². The Morgan fingerprint density at radius 2 is 1.86 bits per heavy atom. The van der Waals surface area contributed by atoms with E-state index in [-0.39, 0.29) is 6.04 Å². The minimum Gasteiger partial charge on any atom is -0.497 e. The van der Waals surface area contributed by atoms with Gasteiger partial charge < -0.3 is 15.4 Å². The van der Waals surface area contributed by atoms with Crippen LogP contribution >= 0.6 is 23.8 Å². The van der Waals surface area contributed by atoms with E-state index in [2.05, 4.69) is 17.6 Å². The van der Waals surface area contributed by atoms with Gasteiger partial charge in [0.2, 0.25) is 0 Å². The highest BCUT2D eigenvalue weighted by Crippen LogP contribution is 2.23. The number of nitrogens with one attached hydrogen (secondary N) is 2. The molecule has 0 aliphatic heterocycles. The fourth-order valence-corrected chi connectivity index (χ4v) is 2.54. The maximum atomic E-state index is 6.11. The Bertz CT molecular complexity index is 658. The molecule has 0 aromatic heterocycles. The predicted molar refractivity (Wildman–Crippen MR) is 97.0 cm³/mol. The standard InChI is InChI=1S/C17H19ClN2OS/c1-11-15(18)5-4-6-16(11)20-17(22)19-12(2)13-7-9-14(21-3)10-8-13/h4-10,12H,1-3H3,(H2,19,20,22). The first-order valence-electron chi connectivity index (χ1n) is 6.98. The highest BCUT2D eigenvalue weighted by molar-refractivity contribution is 7.80. The molecule has 0 saturated carbocycles. The smallest absolute Gasteiger partial charge is 0.171 e. The molecule has 2 aromatic rings. The third-order valence-electron chi connectivity index (χ3n) is 3.48. The number of hydrogen-bond acceptors (Lipinski definition) is 2. The van der Waals surface area contributed by atoms with Crippen LogP contribution in [0.4, 0.5) is 5.69 Å². The molecule has 2 rings (SSSR count). The van der Waals surface area contributed by atoms with Gasteiger partial charge in [-0.25, -0.2) is 0 Å². The van der Waals surface area contributed by atoms with Gasteiger partial charge in [-0.15, -0.1) is 0 Å².